The Balaban J connectivity index is 1.65. The Labute approximate surface area is 136 Å². The van der Waals surface area contributed by atoms with Crippen molar-refractivity contribution in [2.45, 2.75) is 31.5 Å². The maximum atomic E-state index is 12.1. The van der Waals surface area contributed by atoms with Gasteiger partial charge in [-0.3, -0.25) is 10.1 Å². The van der Waals surface area contributed by atoms with E-state index in [1.807, 2.05) is 42.5 Å². The Morgan fingerprint density at radius 1 is 1.13 bits per heavy atom. The average molecular weight is 311 g/mol. The average Bonchev–Trinajstić information content (AvgIpc) is 2.96. The Hall–Kier alpha value is -2.33. The number of hydrogen-bond acceptors (Lipinski definition) is 4. The summed E-state index contributed by atoms with van der Waals surface area (Å²) < 4.78 is 10.7. The lowest BCUT2D eigenvalue weighted by Gasteiger charge is -2.17. The molecule has 2 aromatic carbocycles. The SMILES string of the molecule is COc1ccc([C@H]2C[C@@H](N[C@H](C)c3ccccc3)C(=O)O2)cc1. The third-order valence-corrected chi connectivity index (χ3v) is 4.23. The highest BCUT2D eigenvalue weighted by Gasteiger charge is 2.36. The Bertz CT molecular complexity index is 654. The van der Waals surface area contributed by atoms with Gasteiger partial charge in [-0.15, -0.1) is 0 Å². The fourth-order valence-corrected chi connectivity index (χ4v) is 2.88. The predicted octanol–water partition coefficient (Wildman–Crippen LogP) is 3.40. The van der Waals surface area contributed by atoms with Gasteiger partial charge in [0.2, 0.25) is 0 Å². The molecule has 0 bridgehead atoms. The van der Waals surface area contributed by atoms with Crippen molar-refractivity contribution in [3.05, 3.63) is 65.7 Å². The molecule has 0 unspecified atom stereocenters. The first-order valence-corrected chi connectivity index (χ1v) is 7.83. The molecule has 1 aliphatic rings. The number of carbonyl (C=O) groups is 1. The normalized spacial score (nSPS) is 21.7. The minimum absolute atomic E-state index is 0.100. The van der Waals surface area contributed by atoms with E-state index in [4.69, 9.17) is 9.47 Å². The summed E-state index contributed by atoms with van der Waals surface area (Å²) in [6.07, 6.45) is 0.441. The zero-order chi connectivity index (χ0) is 16.2. The van der Waals surface area contributed by atoms with Crippen molar-refractivity contribution in [2.24, 2.45) is 0 Å². The molecular formula is C19H21NO3. The summed E-state index contributed by atoms with van der Waals surface area (Å²) in [4.78, 5) is 12.1. The van der Waals surface area contributed by atoms with Gasteiger partial charge in [-0.05, 0) is 30.2 Å². The number of hydrogen-bond donors (Lipinski definition) is 1. The molecule has 120 valence electrons. The number of methoxy groups -OCH3 is 1. The molecule has 1 saturated heterocycles. The zero-order valence-electron chi connectivity index (χ0n) is 13.4. The van der Waals surface area contributed by atoms with Gasteiger partial charge in [0, 0.05) is 12.5 Å². The summed E-state index contributed by atoms with van der Waals surface area (Å²) in [6.45, 7) is 2.06. The lowest BCUT2D eigenvalue weighted by molar-refractivity contribution is -0.143. The van der Waals surface area contributed by atoms with Crippen LogP contribution in [0.25, 0.3) is 0 Å². The van der Waals surface area contributed by atoms with Crippen LogP contribution in [-0.4, -0.2) is 19.1 Å². The van der Waals surface area contributed by atoms with Crippen LogP contribution in [0.5, 0.6) is 5.75 Å². The van der Waals surface area contributed by atoms with Gasteiger partial charge >= 0.3 is 5.97 Å². The number of ether oxygens (including phenoxy) is 2. The van der Waals surface area contributed by atoms with Crippen molar-refractivity contribution in [1.29, 1.82) is 0 Å². The smallest absolute Gasteiger partial charge is 0.323 e. The molecular weight excluding hydrogens is 290 g/mol. The molecule has 1 aliphatic heterocycles. The van der Waals surface area contributed by atoms with Crippen LogP contribution in [0.15, 0.2) is 54.6 Å². The Kier molecular flexibility index (Phi) is 4.63. The minimum Gasteiger partial charge on any atom is -0.497 e. The highest BCUT2D eigenvalue weighted by Crippen LogP contribution is 2.31. The predicted molar refractivity (Wildman–Crippen MR) is 88.2 cm³/mol. The summed E-state index contributed by atoms with van der Waals surface area (Å²) in [5, 5.41) is 3.37. The molecule has 0 aliphatic carbocycles. The number of cyclic esters (lactones) is 1. The van der Waals surface area contributed by atoms with Crippen LogP contribution in [0.1, 0.15) is 36.6 Å². The number of benzene rings is 2. The van der Waals surface area contributed by atoms with Crippen molar-refractivity contribution < 1.29 is 14.3 Å². The summed E-state index contributed by atoms with van der Waals surface area (Å²) in [5.74, 6) is 0.610. The molecule has 0 amide bonds. The van der Waals surface area contributed by atoms with Gasteiger partial charge in [0.05, 0.1) is 7.11 Å². The summed E-state index contributed by atoms with van der Waals surface area (Å²) in [6, 6.07) is 17.6. The number of carbonyl (C=O) groups excluding carboxylic acids is 1. The first-order valence-electron chi connectivity index (χ1n) is 7.83. The molecule has 3 atom stereocenters. The first-order chi connectivity index (χ1) is 11.2. The van der Waals surface area contributed by atoms with Crippen LogP contribution < -0.4 is 10.1 Å². The van der Waals surface area contributed by atoms with E-state index < -0.39 is 0 Å². The van der Waals surface area contributed by atoms with E-state index in [-0.39, 0.29) is 24.2 Å². The first kappa shape index (κ1) is 15.6. The Morgan fingerprint density at radius 3 is 2.48 bits per heavy atom. The molecule has 1 heterocycles. The monoisotopic (exact) mass is 311 g/mol. The standard InChI is InChI=1S/C19H21NO3/c1-13(14-6-4-3-5-7-14)20-17-12-18(23-19(17)21)15-8-10-16(22-2)11-9-15/h3-11,13,17-18,20H,12H2,1-2H3/t13-,17-,18-/m1/s1. The maximum absolute atomic E-state index is 12.1. The largest absolute Gasteiger partial charge is 0.497 e. The van der Waals surface area contributed by atoms with Crippen LogP contribution in [0.4, 0.5) is 0 Å². The maximum Gasteiger partial charge on any atom is 0.323 e. The molecule has 1 fully saturated rings. The van der Waals surface area contributed by atoms with Crippen molar-refractivity contribution >= 4 is 5.97 Å². The molecule has 0 spiro atoms. The molecule has 1 N–H and O–H groups in total. The second-order valence-corrected chi connectivity index (χ2v) is 5.79. The molecule has 2 aromatic rings. The van der Waals surface area contributed by atoms with Crippen molar-refractivity contribution in [1.82, 2.24) is 5.32 Å². The van der Waals surface area contributed by atoms with E-state index in [0.717, 1.165) is 16.9 Å². The summed E-state index contributed by atoms with van der Waals surface area (Å²) >= 11 is 0. The topological polar surface area (TPSA) is 47.6 Å². The van der Waals surface area contributed by atoms with Crippen molar-refractivity contribution in [3.8, 4) is 5.75 Å². The third kappa shape index (κ3) is 3.54. The van der Waals surface area contributed by atoms with Gasteiger partial charge in [-0.1, -0.05) is 42.5 Å². The van der Waals surface area contributed by atoms with E-state index in [2.05, 4.69) is 24.4 Å². The van der Waals surface area contributed by atoms with Crippen molar-refractivity contribution in [2.75, 3.05) is 7.11 Å². The van der Waals surface area contributed by atoms with Crippen LogP contribution in [0, 0.1) is 0 Å². The number of rotatable bonds is 5. The van der Waals surface area contributed by atoms with E-state index in [1.165, 1.54) is 0 Å². The second-order valence-electron chi connectivity index (χ2n) is 5.79. The van der Waals surface area contributed by atoms with Gasteiger partial charge in [0.1, 0.15) is 17.9 Å². The second kappa shape index (κ2) is 6.84. The number of nitrogens with one attached hydrogen (secondary N) is 1. The third-order valence-electron chi connectivity index (χ3n) is 4.23. The van der Waals surface area contributed by atoms with Gasteiger partial charge in [-0.2, -0.15) is 0 Å². The van der Waals surface area contributed by atoms with Gasteiger partial charge in [0.15, 0.2) is 0 Å². The van der Waals surface area contributed by atoms with E-state index in [1.54, 1.807) is 7.11 Å². The molecule has 4 heteroatoms. The Morgan fingerprint density at radius 2 is 1.83 bits per heavy atom. The molecule has 0 radical (unpaired) electrons. The molecule has 0 saturated carbocycles. The highest BCUT2D eigenvalue weighted by molar-refractivity contribution is 5.78. The van der Waals surface area contributed by atoms with Crippen LogP contribution >= 0.6 is 0 Å². The fraction of sp³-hybridized carbons (Fsp3) is 0.316. The minimum atomic E-state index is -0.280. The van der Waals surface area contributed by atoms with Crippen LogP contribution in [-0.2, 0) is 9.53 Å². The summed E-state index contributed by atoms with van der Waals surface area (Å²) in [7, 11) is 1.63. The lowest BCUT2D eigenvalue weighted by atomic mass is 10.0. The van der Waals surface area contributed by atoms with Gasteiger partial charge in [0.25, 0.3) is 0 Å². The molecule has 23 heavy (non-hydrogen) atoms. The van der Waals surface area contributed by atoms with Gasteiger partial charge < -0.3 is 9.47 Å². The molecule has 3 rings (SSSR count). The number of esters is 1. The van der Waals surface area contributed by atoms with E-state index >= 15 is 0 Å². The molecule has 4 nitrogen and oxygen atoms in total. The highest BCUT2D eigenvalue weighted by atomic mass is 16.6. The summed E-state index contributed by atoms with van der Waals surface area (Å²) in [5.41, 5.74) is 2.16. The fourth-order valence-electron chi connectivity index (χ4n) is 2.88. The van der Waals surface area contributed by atoms with Gasteiger partial charge in [-0.25, -0.2) is 0 Å². The van der Waals surface area contributed by atoms with Crippen LogP contribution in [0.3, 0.4) is 0 Å². The quantitative estimate of drug-likeness (QED) is 0.860. The van der Waals surface area contributed by atoms with Crippen molar-refractivity contribution in [3.63, 3.8) is 0 Å². The zero-order valence-corrected chi connectivity index (χ0v) is 13.4. The van der Waals surface area contributed by atoms with E-state index in [9.17, 15) is 4.79 Å². The lowest BCUT2D eigenvalue weighted by Crippen LogP contribution is -2.35. The van der Waals surface area contributed by atoms with Crippen LogP contribution in [0.2, 0.25) is 0 Å². The van der Waals surface area contributed by atoms with E-state index in [0.29, 0.717) is 6.42 Å². The molecule has 0 aromatic heterocycles.